The largest absolute Gasteiger partial charge is 0.376 e. The lowest BCUT2D eigenvalue weighted by molar-refractivity contribution is -0.120. The summed E-state index contributed by atoms with van der Waals surface area (Å²) >= 11 is 1.64. The molecule has 0 bridgehead atoms. The van der Waals surface area contributed by atoms with Crippen LogP contribution in [0.1, 0.15) is 36.8 Å². The Morgan fingerprint density at radius 1 is 1.35 bits per heavy atom. The van der Waals surface area contributed by atoms with E-state index in [1.165, 1.54) is 15.8 Å². The summed E-state index contributed by atoms with van der Waals surface area (Å²) in [5, 5.41) is 0.834. The number of anilines is 1. The first-order chi connectivity index (χ1) is 11.1. The van der Waals surface area contributed by atoms with Crippen LogP contribution in [0.2, 0.25) is 0 Å². The van der Waals surface area contributed by atoms with Gasteiger partial charge in [0.25, 0.3) is 0 Å². The van der Waals surface area contributed by atoms with E-state index in [0.29, 0.717) is 6.54 Å². The molecule has 5 heteroatoms. The number of rotatable bonds is 4. The van der Waals surface area contributed by atoms with Crippen molar-refractivity contribution in [3.05, 3.63) is 23.3 Å². The maximum absolute atomic E-state index is 12.8. The van der Waals surface area contributed by atoms with Gasteiger partial charge < -0.3 is 4.74 Å². The monoisotopic (exact) mass is 330 g/mol. The van der Waals surface area contributed by atoms with E-state index in [1.807, 2.05) is 4.90 Å². The van der Waals surface area contributed by atoms with Gasteiger partial charge in [-0.15, -0.1) is 0 Å². The number of fused-ring (bicyclic) bond motifs is 1. The van der Waals surface area contributed by atoms with Gasteiger partial charge in [0.05, 0.1) is 22.9 Å². The van der Waals surface area contributed by atoms with E-state index in [-0.39, 0.29) is 17.9 Å². The molecule has 1 saturated heterocycles. The van der Waals surface area contributed by atoms with Crippen LogP contribution in [0.3, 0.4) is 0 Å². The predicted octanol–water partition coefficient (Wildman–Crippen LogP) is 3.84. The zero-order valence-corrected chi connectivity index (χ0v) is 14.5. The lowest BCUT2D eigenvalue weighted by atomic mass is 10.1. The molecule has 1 aromatic carbocycles. The third kappa shape index (κ3) is 3.00. The summed E-state index contributed by atoms with van der Waals surface area (Å²) in [7, 11) is 0. The molecule has 23 heavy (non-hydrogen) atoms. The molecule has 4 nitrogen and oxygen atoms in total. The van der Waals surface area contributed by atoms with Crippen LogP contribution < -0.4 is 4.90 Å². The fourth-order valence-corrected chi connectivity index (χ4v) is 4.32. The quantitative estimate of drug-likeness (QED) is 0.855. The van der Waals surface area contributed by atoms with Crippen molar-refractivity contribution in [3.63, 3.8) is 0 Å². The first-order valence-electron chi connectivity index (χ1n) is 8.42. The van der Waals surface area contributed by atoms with E-state index in [9.17, 15) is 4.79 Å². The molecule has 2 aromatic rings. The van der Waals surface area contributed by atoms with Crippen LogP contribution in [0.5, 0.6) is 0 Å². The highest BCUT2D eigenvalue weighted by atomic mass is 32.1. The van der Waals surface area contributed by atoms with Crippen LogP contribution in [-0.2, 0) is 9.53 Å². The van der Waals surface area contributed by atoms with Crippen LogP contribution in [0, 0.1) is 19.8 Å². The van der Waals surface area contributed by atoms with Gasteiger partial charge in [-0.2, -0.15) is 0 Å². The third-order valence-corrected chi connectivity index (χ3v) is 5.87. The molecule has 1 amide bonds. The standard InChI is InChI=1S/C18H22N2O2S/c1-11-8-12(2)16-15(9-11)19-18(23-16)20(17(21)13-5-6-13)10-14-4-3-7-22-14/h8-9,13-14H,3-7,10H2,1-2H3. The molecule has 1 unspecified atom stereocenters. The van der Waals surface area contributed by atoms with E-state index in [0.717, 1.165) is 42.9 Å². The zero-order chi connectivity index (χ0) is 16.0. The Kier molecular flexibility index (Phi) is 3.85. The zero-order valence-electron chi connectivity index (χ0n) is 13.7. The average Bonchev–Trinajstić information content (AvgIpc) is 3.06. The maximum Gasteiger partial charge on any atom is 0.231 e. The second kappa shape index (κ2) is 5.87. The van der Waals surface area contributed by atoms with E-state index in [4.69, 9.17) is 9.72 Å². The van der Waals surface area contributed by atoms with Crippen molar-refractivity contribution in [2.45, 2.75) is 45.6 Å². The number of ether oxygens (including phenoxy) is 1. The number of hydrogen-bond donors (Lipinski definition) is 0. The van der Waals surface area contributed by atoms with Crippen LogP contribution in [-0.4, -0.2) is 30.1 Å². The first-order valence-corrected chi connectivity index (χ1v) is 9.24. The number of thiazole rings is 1. The molecule has 0 spiro atoms. The molecule has 1 saturated carbocycles. The van der Waals surface area contributed by atoms with Gasteiger partial charge in [-0.3, -0.25) is 9.69 Å². The van der Waals surface area contributed by atoms with E-state index in [2.05, 4.69) is 26.0 Å². The van der Waals surface area contributed by atoms with Gasteiger partial charge in [0.2, 0.25) is 5.91 Å². The van der Waals surface area contributed by atoms with E-state index >= 15 is 0 Å². The summed E-state index contributed by atoms with van der Waals surface area (Å²) in [6.07, 6.45) is 4.33. The topological polar surface area (TPSA) is 42.4 Å². The normalized spacial score (nSPS) is 21.0. The first kappa shape index (κ1) is 15.1. The number of carbonyl (C=O) groups is 1. The number of aryl methyl sites for hydroxylation is 2. The lowest BCUT2D eigenvalue weighted by Gasteiger charge is -2.23. The Bertz CT molecular complexity index is 745. The second-order valence-electron chi connectivity index (χ2n) is 6.78. The van der Waals surface area contributed by atoms with Crippen LogP contribution in [0.4, 0.5) is 5.13 Å². The molecule has 122 valence electrons. The minimum absolute atomic E-state index is 0.160. The van der Waals surface area contributed by atoms with Gasteiger partial charge >= 0.3 is 0 Å². The number of carbonyl (C=O) groups excluding carboxylic acids is 1. The highest BCUT2D eigenvalue weighted by Gasteiger charge is 2.36. The van der Waals surface area contributed by atoms with Crippen molar-refractivity contribution < 1.29 is 9.53 Å². The molecule has 2 aliphatic rings. The molecule has 2 heterocycles. The molecule has 0 N–H and O–H groups in total. The van der Waals surface area contributed by atoms with Gasteiger partial charge in [-0.25, -0.2) is 4.98 Å². The summed E-state index contributed by atoms with van der Waals surface area (Å²) in [5.74, 6) is 0.431. The Labute approximate surface area is 140 Å². The molecule has 2 fully saturated rings. The van der Waals surface area contributed by atoms with Gasteiger partial charge in [0, 0.05) is 12.5 Å². The summed E-state index contributed by atoms with van der Waals surface area (Å²) in [4.78, 5) is 19.4. The number of aromatic nitrogens is 1. The number of hydrogen-bond acceptors (Lipinski definition) is 4. The van der Waals surface area contributed by atoms with Crippen molar-refractivity contribution in [3.8, 4) is 0 Å². The van der Waals surface area contributed by atoms with Gasteiger partial charge in [-0.1, -0.05) is 17.4 Å². The summed E-state index contributed by atoms with van der Waals surface area (Å²) in [6, 6.07) is 4.28. The molecular weight excluding hydrogens is 308 g/mol. The van der Waals surface area contributed by atoms with Gasteiger partial charge in [-0.05, 0) is 56.7 Å². The number of nitrogens with zero attached hydrogens (tertiary/aromatic N) is 2. The van der Waals surface area contributed by atoms with Crippen LogP contribution in [0.25, 0.3) is 10.2 Å². The molecule has 1 aromatic heterocycles. The molecular formula is C18H22N2O2S. The van der Waals surface area contributed by atoms with Crippen molar-refractivity contribution in [1.29, 1.82) is 0 Å². The molecule has 4 rings (SSSR count). The molecule has 1 aliphatic heterocycles. The lowest BCUT2D eigenvalue weighted by Crippen LogP contribution is -2.38. The van der Waals surface area contributed by atoms with Crippen molar-refractivity contribution >= 4 is 32.6 Å². The second-order valence-corrected chi connectivity index (χ2v) is 7.76. The fourth-order valence-electron chi connectivity index (χ4n) is 3.29. The fraction of sp³-hybridized carbons (Fsp3) is 0.556. The summed E-state index contributed by atoms with van der Waals surface area (Å²) in [6.45, 7) is 5.66. The Hall–Kier alpha value is -1.46. The average molecular weight is 330 g/mol. The molecule has 0 radical (unpaired) electrons. The minimum atomic E-state index is 0.160. The summed E-state index contributed by atoms with van der Waals surface area (Å²) < 4.78 is 6.94. The maximum atomic E-state index is 12.8. The third-order valence-electron chi connectivity index (χ3n) is 4.64. The molecule has 1 atom stereocenters. The van der Waals surface area contributed by atoms with Crippen LogP contribution >= 0.6 is 11.3 Å². The van der Waals surface area contributed by atoms with E-state index < -0.39 is 0 Å². The van der Waals surface area contributed by atoms with Gasteiger partial charge in [0.15, 0.2) is 5.13 Å². The SMILES string of the molecule is Cc1cc(C)c2sc(N(CC3CCCO3)C(=O)C3CC3)nc2c1. The van der Waals surface area contributed by atoms with E-state index in [1.54, 1.807) is 11.3 Å². The van der Waals surface area contributed by atoms with Crippen LogP contribution in [0.15, 0.2) is 12.1 Å². The Balaban J connectivity index is 1.69. The Morgan fingerprint density at radius 3 is 2.87 bits per heavy atom. The number of benzene rings is 1. The molecule has 1 aliphatic carbocycles. The highest BCUT2D eigenvalue weighted by Crippen LogP contribution is 2.37. The minimum Gasteiger partial charge on any atom is -0.376 e. The smallest absolute Gasteiger partial charge is 0.231 e. The van der Waals surface area contributed by atoms with Crippen molar-refractivity contribution in [2.24, 2.45) is 5.92 Å². The van der Waals surface area contributed by atoms with Gasteiger partial charge in [0.1, 0.15) is 0 Å². The predicted molar refractivity (Wildman–Crippen MR) is 93.1 cm³/mol. The highest BCUT2D eigenvalue weighted by molar-refractivity contribution is 7.22. The Morgan fingerprint density at radius 2 is 2.17 bits per heavy atom. The van der Waals surface area contributed by atoms with Crippen molar-refractivity contribution in [2.75, 3.05) is 18.1 Å². The number of amides is 1. The summed E-state index contributed by atoms with van der Waals surface area (Å²) in [5.41, 5.74) is 3.45. The van der Waals surface area contributed by atoms with Crippen molar-refractivity contribution in [1.82, 2.24) is 4.98 Å².